The molecule has 4 N–H and O–H groups in total. The van der Waals surface area contributed by atoms with Gasteiger partial charge in [-0.05, 0) is 48.9 Å². The Hall–Kier alpha value is -4.08. The number of rotatable bonds is 5. The van der Waals surface area contributed by atoms with Gasteiger partial charge in [-0.3, -0.25) is 19.3 Å². The smallest absolute Gasteiger partial charge is 0.325 e. The fraction of sp³-hybridized carbons (Fsp3) is 0.273. The first-order chi connectivity index (χ1) is 15.3. The minimum Gasteiger partial charge on any atom is -0.490 e. The molecule has 1 atom stereocenters. The van der Waals surface area contributed by atoms with Crippen LogP contribution in [-0.2, 0) is 15.1 Å². The maximum Gasteiger partial charge on any atom is 0.325 e. The summed E-state index contributed by atoms with van der Waals surface area (Å²) in [4.78, 5) is 50.1. The van der Waals surface area contributed by atoms with Crippen molar-refractivity contribution in [1.29, 1.82) is 0 Å². The van der Waals surface area contributed by atoms with Crippen LogP contribution in [0.2, 0.25) is 0 Å². The summed E-state index contributed by atoms with van der Waals surface area (Å²) in [6, 6.07) is 10.3. The molecule has 1 saturated heterocycles. The van der Waals surface area contributed by atoms with Gasteiger partial charge >= 0.3 is 6.03 Å². The van der Waals surface area contributed by atoms with E-state index in [0.29, 0.717) is 41.5 Å². The third-order valence-electron chi connectivity index (χ3n) is 5.35. The second-order valence-corrected chi connectivity index (χ2v) is 7.65. The Morgan fingerprint density at radius 2 is 1.78 bits per heavy atom. The average molecular weight is 438 g/mol. The van der Waals surface area contributed by atoms with Gasteiger partial charge in [-0.2, -0.15) is 0 Å². The zero-order valence-electron chi connectivity index (χ0n) is 17.3. The molecule has 1 unspecified atom stereocenters. The van der Waals surface area contributed by atoms with Crippen molar-refractivity contribution in [1.82, 2.24) is 10.2 Å². The van der Waals surface area contributed by atoms with E-state index < -0.39 is 35.8 Å². The molecule has 10 heteroatoms. The monoisotopic (exact) mass is 438 g/mol. The summed E-state index contributed by atoms with van der Waals surface area (Å²) in [5.41, 5.74) is 5.05. The van der Waals surface area contributed by atoms with Crippen LogP contribution in [0.4, 0.5) is 10.5 Å². The highest BCUT2D eigenvalue weighted by atomic mass is 16.5. The summed E-state index contributed by atoms with van der Waals surface area (Å²) < 4.78 is 11.3. The number of anilines is 1. The van der Waals surface area contributed by atoms with Gasteiger partial charge in [0.2, 0.25) is 11.8 Å². The van der Waals surface area contributed by atoms with E-state index in [1.165, 1.54) is 24.3 Å². The zero-order chi connectivity index (χ0) is 22.9. The molecule has 10 nitrogen and oxygen atoms in total. The van der Waals surface area contributed by atoms with Crippen LogP contribution in [0, 0.1) is 0 Å². The molecule has 2 aromatic carbocycles. The van der Waals surface area contributed by atoms with Crippen LogP contribution in [0.5, 0.6) is 11.5 Å². The predicted octanol–water partition coefficient (Wildman–Crippen LogP) is 1.35. The molecule has 2 aliphatic rings. The number of carbonyl (C=O) groups is 4. The molecule has 32 heavy (non-hydrogen) atoms. The number of urea groups is 1. The maximum absolute atomic E-state index is 13.1. The average Bonchev–Trinajstić information content (AvgIpc) is 2.93. The summed E-state index contributed by atoms with van der Waals surface area (Å²) >= 11 is 0. The number of carbonyl (C=O) groups excluding carboxylic acids is 4. The minimum atomic E-state index is -1.36. The van der Waals surface area contributed by atoms with Crippen LogP contribution in [0.15, 0.2) is 42.5 Å². The summed E-state index contributed by atoms with van der Waals surface area (Å²) in [5, 5.41) is 5.26. The maximum atomic E-state index is 13.1. The molecular formula is C22H22N4O6. The number of fused-ring (bicyclic) bond motifs is 1. The van der Waals surface area contributed by atoms with Crippen molar-refractivity contribution in [2.24, 2.45) is 5.73 Å². The lowest BCUT2D eigenvalue weighted by molar-refractivity contribution is -0.133. The summed E-state index contributed by atoms with van der Waals surface area (Å²) in [6.45, 7) is 2.13. The van der Waals surface area contributed by atoms with Gasteiger partial charge in [-0.15, -0.1) is 0 Å². The van der Waals surface area contributed by atoms with Gasteiger partial charge in [0.25, 0.3) is 5.91 Å². The number of nitrogens with two attached hydrogens (primary N) is 1. The Kier molecular flexibility index (Phi) is 5.43. The molecule has 2 aromatic rings. The molecule has 0 aliphatic carbocycles. The minimum absolute atomic E-state index is 0.294. The quantitative estimate of drug-likeness (QED) is 0.602. The molecule has 166 valence electrons. The van der Waals surface area contributed by atoms with Gasteiger partial charge in [0.1, 0.15) is 12.1 Å². The Morgan fingerprint density at radius 3 is 2.47 bits per heavy atom. The van der Waals surface area contributed by atoms with E-state index in [-0.39, 0.29) is 0 Å². The van der Waals surface area contributed by atoms with Crippen LogP contribution in [-0.4, -0.2) is 48.4 Å². The summed E-state index contributed by atoms with van der Waals surface area (Å²) in [6.07, 6.45) is 0.741. The lowest BCUT2D eigenvalue weighted by Gasteiger charge is -2.23. The van der Waals surface area contributed by atoms with Gasteiger partial charge in [-0.1, -0.05) is 6.07 Å². The van der Waals surface area contributed by atoms with E-state index in [1.54, 1.807) is 25.1 Å². The van der Waals surface area contributed by atoms with E-state index in [0.717, 1.165) is 11.3 Å². The van der Waals surface area contributed by atoms with Crippen molar-refractivity contribution in [3.8, 4) is 11.5 Å². The van der Waals surface area contributed by atoms with Gasteiger partial charge in [0.15, 0.2) is 11.5 Å². The number of hydrogen-bond acceptors (Lipinski definition) is 6. The van der Waals surface area contributed by atoms with E-state index >= 15 is 0 Å². The molecule has 2 aliphatic heterocycles. The molecule has 4 rings (SSSR count). The number of hydrogen-bond donors (Lipinski definition) is 3. The number of benzene rings is 2. The molecule has 1 fully saturated rings. The molecule has 0 saturated carbocycles. The first kappa shape index (κ1) is 21.2. The van der Waals surface area contributed by atoms with E-state index in [4.69, 9.17) is 15.2 Å². The summed E-state index contributed by atoms with van der Waals surface area (Å²) in [7, 11) is 0. The SMILES string of the molecule is CC1(c2ccc3c(c2)OCCCO3)NC(=O)N(CC(=O)Nc2ccc(C(N)=O)cc2)C1=O. The number of nitrogens with zero attached hydrogens (tertiary/aromatic N) is 1. The highest BCUT2D eigenvalue weighted by Gasteiger charge is 2.49. The number of primary amides is 1. The largest absolute Gasteiger partial charge is 0.490 e. The molecule has 0 radical (unpaired) electrons. The first-order valence-electron chi connectivity index (χ1n) is 10.0. The van der Waals surface area contributed by atoms with Crippen molar-refractivity contribution < 1.29 is 28.7 Å². The summed E-state index contributed by atoms with van der Waals surface area (Å²) in [5.74, 6) is -0.639. The second kappa shape index (κ2) is 8.22. The van der Waals surface area contributed by atoms with Crippen LogP contribution >= 0.6 is 0 Å². The number of imide groups is 1. The first-order valence-corrected chi connectivity index (χ1v) is 10.0. The normalized spacial score (nSPS) is 19.8. The van der Waals surface area contributed by atoms with Crippen LogP contribution < -0.4 is 25.8 Å². The fourth-order valence-electron chi connectivity index (χ4n) is 3.57. The van der Waals surface area contributed by atoms with E-state index in [9.17, 15) is 19.2 Å². The van der Waals surface area contributed by atoms with Crippen molar-refractivity contribution in [3.63, 3.8) is 0 Å². The van der Waals surface area contributed by atoms with Crippen molar-refractivity contribution >= 4 is 29.4 Å². The van der Waals surface area contributed by atoms with E-state index in [1.807, 2.05) is 0 Å². The number of ether oxygens (including phenoxy) is 2. The third kappa shape index (κ3) is 3.94. The fourth-order valence-corrected chi connectivity index (χ4v) is 3.57. The zero-order valence-corrected chi connectivity index (χ0v) is 17.3. The molecule has 0 bridgehead atoms. The highest BCUT2D eigenvalue weighted by Crippen LogP contribution is 2.36. The number of nitrogens with one attached hydrogen (secondary N) is 2. The van der Waals surface area contributed by atoms with Crippen LogP contribution in [0.25, 0.3) is 0 Å². The van der Waals surface area contributed by atoms with Crippen LogP contribution in [0.1, 0.15) is 29.3 Å². The Bertz CT molecular complexity index is 1100. The Labute approximate surface area is 183 Å². The van der Waals surface area contributed by atoms with Crippen LogP contribution in [0.3, 0.4) is 0 Å². The van der Waals surface area contributed by atoms with Gasteiger partial charge in [0.05, 0.1) is 13.2 Å². The highest BCUT2D eigenvalue weighted by molar-refractivity contribution is 6.10. The van der Waals surface area contributed by atoms with Crippen molar-refractivity contribution in [2.75, 3.05) is 25.1 Å². The predicted molar refractivity (Wildman–Crippen MR) is 113 cm³/mol. The standard InChI is InChI=1S/C22H22N4O6/c1-22(14-5-8-16-17(11-14)32-10-2-9-31-16)20(29)26(21(30)25-22)12-18(27)24-15-6-3-13(4-7-15)19(23)28/h3-8,11H,2,9-10,12H2,1H3,(H2,23,28)(H,24,27)(H,25,30). The second-order valence-electron chi connectivity index (χ2n) is 7.65. The number of amides is 5. The molecule has 2 heterocycles. The third-order valence-corrected chi connectivity index (χ3v) is 5.35. The molecular weight excluding hydrogens is 416 g/mol. The lowest BCUT2D eigenvalue weighted by atomic mass is 9.91. The van der Waals surface area contributed by atoms with Crippen molar-refractivity contribution in [3.05, 3.63) is 53.6 Å². The Balaban J connectivity index is 1.48. The van der Waals surface area contributed by atoms with Gasteiger partial charge in [-0.25, -0.2) is 4.79 Å². The van der Waals surface area contributed by atoms with Crippen molar-refractivity contribution in [2.45, 2.75) is 18.9 Å². The Morgan fingerprint density at radius 1 is 1.09 bits per heavy atom. The molecule has 5 amide bonds. The molecule has 0 spiro atoms. The topological polar surface area (TPSA) is 140 Å². The van der Waals surface area contributed by atoms with E-state index in [2.05, 4.69) is 10.6 Å². The lowest BCUT2D eigenvalue weighted by Crippen LogP contribution is -2.42. The van der Waals surface area contributed by atoms with Gasteiger partial charge in [0, 0.05) is 17.7 Å². The van der Waals surface area contributed by atoms with Gasteiger partial charge < -0.3 is 25.8 Å². The molecule has 0 aromatic heterocycles.